The van der Waals surface area contributed by atoms with E-state index in [-0.39, 0.29) is 17.2 Å². The highest BCUT2D eigenvalue weighted by molar-refractivity contribution is 7.98. The van der Waals surface area contributed by atoms with Crippen molar-refractivity contribution in [1.29, 1.82) is 0 Å². The molecule has 6 nitrogen and oxygen atoms in total. The summed E-state index contributed by atoms with van der Waals surface area (Å²) in [4.78, 5) is 35.2. The number of benzene rings is 2. The lowest BCUT2D eigenvalue weighted by Crippen LogP contribution is -2.39. The molecule has 2 aromatic carbocycles. The summed E-state index contributed by atoms with van der Waals surface area (Å²) in [5.74, 6) is 1.38. The number of rotatable bonds is 7. The molecule has 0 radical (unpaired) electrons. The Morgan fingerprint density at radius 1 is 0.939 bits per heavy atom. The van der Waals surface area contributed by atoms with Gasteiger partial charge >= 0.3 is 5.69 Å². The quantitative estimate of drug-likeness (QED) is 0.287. The van der Waals surface area contributed by atoms with Gasteiger partial charge in [-0.15, -0.1) is 11.8 Å². The van der Waals surface area contributed by atoms with E-state index in [2.05, 4.69) is 41.4 Å². The molecule has 2 heterocycles. The van der Waals surface area contributed by atoms with E-state index in [4.69, 9.17) is 4.98 Å². The summed E-state index contributed by atoms with van der Waals surface area (Å²) in [6, 6.07) is 18.7. The predicted octanol–water partition coefficient (Wildman–Crippen LogP) is 4.98. The summed E-state index contributed by atoms with van der Waals surface area (Å²) >= 11 is 1.51. The van der Waals surface area contributed by atoms with Crippen LogP contribution in [0.3, 0.4) is 0 Å². The molecule has 0 fully saturated rings. The van der Waals surface area contributed by atoms with Gasteiger partial charge in [0.2, 0.25) is 0 Å². The van der Waals surface area contributed by atoms with E-state index in [0.29, 0.717) is 34.2 Å². The first kappa shape index (κ1) is 23.0. The molecule has 0 aliphatic rings. The van der Waals surface area contributed by atoms with Crippen molar-refractivity contribution >= 4 is 22.8 Å². The first-order chi connectivity index (χ1) is 15.9. The van der Waals surface area contributed by atoms with Gasteiger partial charge in [-0.25, -0.2) is 14.8 Å². The zero-order valence-corrected chi connectivity index (χ0v) is 20.2. The van der Waals surface area contributed by atoms with Crippen molar-refractivity contribution in [3.63, 3.8) is 0 Å². The molecule has 0 saturated heterocycles. The Morgan fingerprint density at radius 2 is 1.61 bits per heavy atom. The van der Waals surface area contributed by atoms with E-state index >= 15 is 0 Å². The van der Waals surface area contributed by atoms with Crippen LogP contribution in [0.15, 0.2) is 69.2 Å². The van der Waals surface area contributed by atoms with Gasteiger partial charge in [0.1, 0.15) is 16.2 Å². The Labute approximate surface area is 197 Å². The summed E-state index contributed by atoms with van der Waals surface area (Å²) in [6.07, 6.45) is 0.768. The average molecular weight is 461 g/mol. The molecule has 33 heavy (non-hydrogen) atoms. The summed E-state index contributed by atoms with van der Waals surface area (Å²) in [7, 11) is 1.52. The maximum absolute atomic E-state index is 13.1. The highest BCUT2D eigenvalue weighted by Crippen LogP contribution is 2.28. The van der Waals surface area contributed by atoms with Crippen LogP contribution in [0.5, 0.6) is 0 Å². The van der Waals surface area contributed by atoms with E-state index in [9.17, 15) is 9.59 Å². The zero-order valence-electron chi connectivity index (χ0n) is 19.4. The third-order valence-electron chi connectivity index (χ3n) is 5.57. The molecule has 0 saturated carbocycles. The Bertz CT molecular complexity index is 1390. The normalized spacial score (nSPS) is 11.4. The van der Waals surface area contributed by atoms with E-state index in [1.54, 1.807) is 4.57 Å². The van der Waals surface area contributed by atoms with Crippen molar-refractivity contribution in [2.24, 2.45) is 7.05 Å². The Kier molecular flexibility index (Phi) is 6.79. The van der Waals surface area contributed by atoms with Crippen molar-refractivity contribution in [3.8, 4) is 11.1 Å². The van der Waals surface area contributed by atoms with Crippen LogP contribution in [-0.2, 0) is 19.3 Å². The maximum atomic E-state index is 13.1. The fourth-order valence-corrected chi connectivity index (χ4v) is 4.69. The molecule has 0 amide bonds. The van der Waals surface area contributed by atoms with Crippen LogP contribution >= 0.6 is 11.8 Å². The molecule has 4 aromatic rings. The van der Waals surface area contributed by atoms with Gasteiger partial charge in [-0.05, 0) is 23.1 Å². The van der Waals surface area contributed by atoms with Gasteiger partial charge in [0.15, 0.2) is 5.65 Å². The summed E-state index contributed by atoms with van der Waals surface area (Å²) in [6.45, 7) is 6.54. The topological polar surface area (TPSA) is 69.8 Å². The fraction of sp³-hybridized carbons (Fsp3) is 0.308. The maximum Gasteiger partial charge on any atom is 0.332 e. The smallest absolute Gasteiger partial charge is 0.277 e. The third kappa shape index (κ3) is 4.64. The lowest BCUT2D eigenvalue weighted by atomic mass is 10.0. The molecule has 4 rings (SSSR count). The van der Waals surface area contributed by atoms with Crippen molar-refractivity contribution in [2.45, 2.75) is 50.4 Å². The number of aromatic nitrogens is 4. The first-order valence-corrected chi connectivity index (χ1v) is 12.2. The number of fused-ring (bicyclic) bond motifs is 1. The second kappa shape index (κ2) is 9.75. The molecule has 7 heteroatoms. The largest absolute Gasteiger partial charge is 0.332 e. The van der Waals surface area contributed by atoms with E-state index in [0.717, 1.165) is 22.1 Å². The molecular weight excluding hydrogens is 432 g/mol. The van der Waals surface area contributed by atoms with Crippen LogP contribution in [0.2, 0.25) is 0 Å². The minimum atomic E-state index is -0.348. The van der Waals surface area contributed by atoms with Gasteiger partial charge in [-0.1, -0.05) is 75.4 Å². The monoisotopic (exact) mass is 460 g/mol. The van der Waals surface area contributed by atoms with Crippen LogP contribution in [0.25, 0.3) is 22.2 Å². The predicted molar refractivity (Wildman–Crippen MR) is 135 cm³/mol. The summed E-state index contributed by atoms with van der Waals surface area (Å²) in [5.41, 5.74) is 3.23. The van der Waals surface area contributed by atoms with Crippen LogP contribution < -0.4 is 11.2 Å². The third-order valence-corrected chi connectivity index (χ3v) is 6.61. The number of thioether (sulfide) groups is 1. The second-order valence-electron chi connectivity index (χ2n) is 8.39. The molecule has 170 valence electrons. The average Bonchev–Trinajstić information content (AvgIpc) is 2.84. The highest BCUT2D eigenvalue weighted by Gasteiger charge is 2.19. The molecule has 0 atom stereocenters. The van der Waals surface area contributed by atoms with E-state index < -0.39 is 0 Å². The minimum absolute atomic E-state index is 0.0770. The molecule has 0 aliphatic heterocycles. The van der Waals surface area contributed by atoms with Crippen LogP contribution in [-0.4, -0.2) is 19.1 Å². The lowest BCUT2D eigenvalue weighted by Gasteiger charge is -2.15. The van der Waals surface area contributed by atoms with Crippen LogP contribution in [0.1, 0.15) is 44.5 Å². The van der Waals surface area contributed by atoms with E-state index in [1.807, 2.05) is 39.0 Å². The minimum Gasteiger partial charge on any atom is -0.277 e. The van der Waals surface area contributed by atoms with Crippen molar-refractivity contribution < 1.29 is 0 Å². The number of hydrogen-bond acceptors (Lipinski definition) is 5. The number of hydrogen-bond donors (Lipinski definition) is 0. The summed E-state index contributed by atoms with van der Waals surface area (Å²) in [5, 5.41) is 1.04. The Morgan fingerprint density at radius 3 is 2.24 bits per heavy atom. The molecule has 0 spiro atoms. The Balaban J connectivity index is 1.74. The van der Waals surface area contributed by atoms with Gasteiger partial charge in [0.05, 0.1) is 0 Å². The molecule has 0 unspecified atom stereocenters. The summed E-state index contributed by atoms with van der Waals surface area (Å²) < 4.78 is 2.76. The molecule has 0 N–H and O–H groups in total. The highest BCUT2D eigenvalue weighted by atomic mass is 32.2. The second-order valence-corrected chi connectivity index (χ2v) is 9.35. The molecular formula is C26H28N4O2S. The van der Waals surface area contributed by atoms with Crippen molar-refractivity contribution in [2.75, 3.05) is 0 Å². The number of nitrogens with zero attached hydrogens (tertiary/aromatic N) is 4. The van der Waals surface area contributed by atoms with Crippen molar-refractivity contribution in [1.82, 2.24) is 19.1 Å². The van der Waals surface area contributed by atoms with E-state index in [1.165, 1.54) is 24.4 Å². The van der Waals surface area contributed by atoms with Gasteiger partial charge in [0, 0.05) is 25.3 Å². The number of aryl methyl sites for hydroxylation is 1. The lowest BCUT2D eigenvalue weighted by molar-refractivity contribution is 0.603. The molecule has 2 aromatic heterocycles. The van der Waals surface area contributed by atoms with Gasteiger partial charge in [-0.3, -0.25) is 13.9 Å². The molecule has 0 aliphatic carbocycles. The van der Waals surface area contributed by atoms with Gasteiger partial charge in [0.25, 0.3) is 5.56 Å². The van der Waals surface area contributed by atoms with Crippen molar-refractivity contribution in [3.05, 3.63) is 86.8 Å². The van der Waals surface area contributed by atoms with Gasteiger partial charge in [-0.2, -0.15) is 0 Å². The SMILES string of the molecule is CCCn1c(=O)n(C)c(=O)c2c(SCc3ccc(-c4ccccc4)cc3)nc(C(C)C)nc21. The van der Waals surface area contributed by atoms with Crippen LogP contribution in [0.4, 0.5) is 0 Å². The first-order valence-electron chi connectivity index (χ1n) is 11.2. The zero-order chi connectivity index (χ0) is 23.5. The standard InChI is InChI=1S/C26H28N4O2S/c1-5-15-30-23-21(25(31)29(4)26(30)32)24(28-22(27-23)17(2)3)33-16-18-11-13-20(14-12-18)19-9-7-6-8-10-19/h6-14,17H,5,15-16H2,1-4H3. The molecule has 0 bridgehead atoms. The fourth-order valence-electron chi connectivity index (χ4n) is 3.72. The Hall–Kier alpha value is -3.19. The van der Waals surface area contributed by atoms with Crippen LogP contribution in [0, 0.1) is 0 Å². The van der Waals surface area contributed by atoms with Gasteiger partial charge < -0.3 is 0 Å².